The predicted molar refractivity (Wildman–Crippen MR) is 73.3 cm³/mol. The van der Waals surface area contributed by atoms with Gasteiger partial charge in [0.1, 0.15) is 0 Å². The normalized spacial score (nSPS) is 19.3. The smallest absolute Gasteiger partial charge is 0.234 e. The second kappa shape index (κ2) is 11.0. The first kappa shape index (κ1) is 19.3. The Bertz CT molecular complexity index is 208. The zero-order valence-electron chi connectivity index (χ0n) is 10.4. The van der Waals surface area contributed by atoms with E-state index >= 15 is 0 Å². The van der Waals surface area contributed by atoms with Gasteiger partial charge in [0.25, 0.3) is 0 Å². The molecule has 1 amide bonds. The van der Waals surface area contributed by atoms with Crippen LogP contribution in [0, 0.1) is 0 Å². The second-order valence-electron chi connectivity index (χ2n) is 3.88. The number of carbonyl (C=O) groups is 1. The van der Waals surface area contributed by atoms with Gasteiger partial charge in [-0.15, -0.1) is 24.8 Å². The first-order chi connectivity index (χ1) is 7.26. The number of amides is 1. The highest BCUT2D eigenvalue weighted by molar-refractivity contribution is 5.85. The van der Waals surface area contributed by atoms with Crippen molar-refractivity contribution in [2.75, 3.05) is 46.9 Å². The molecule has 7 heteroatoms. The molecule has 5 nitrogen and oxygen atoms in total. The molecule has 1 aliphatic rings. The fraction of sp³-hybridized carbons (Fsp3) is 0.900. The van der Waals surface area contributed by atoms with Crippen molar-refractivity contribution < 1.29 is 9.53 Å². The van der Waals surface area contributed by atoms with Crippen LogP contribution in [0.4, 0.5) is 0 Å². The fourth-order valence-electron chi connectivity index (χ4n) is 1.81. The molecule has 0 bridgehead atoms. The third-order valence-electron chi connectivity index (χ3n) is 2.59. The van der Waals surface area contributed by atoms with Gasteiger partial charge < -0.3 is 15.4 Å². The van der Waals surface area contributed by atoms with Crippen LogP contribution >= 0.6 is 24.8 Å². The minimum Gasteiger partial charge on any atom is -0.383 e. The van der Waals surface area contributed by atoms with Gasteiger partial charge in [0, 0.05) is 32.8 Å². The van der Waals surface area contributed by atoms with Crippen LogP contribution < -0.4 is 10.6 Å². The summed E-state index contributed by atoms with van der Waals surface area (Å²) in [4.78, 5) is 13.6. The topological polar surface area (TPSA) is 53.6 Å². The molecule has 2 N–H and O–H groups in total. The van der Waals surface area contributed by atoms with Crippen molar-refractivity contribution >= 4 is 30.7 Å². The van der Waals surface area contributed by atoms with Crippen LogP contribution in [0.2, 0.25) is 0 Å². The summed E-state index contributed by atoms with van der Waals surface area (Å²) in [6.07, 6.45) is 1.04. The number of methoxy groups -OCH3 is 1. The Balaban J connectivity index is 0. The standard InChI is InChI=1S/C10H21N3O2.2ClH/c1-11-7-10(14)12-9-3-4-13(8-9)5-6-15-2;;/h9,11H,3-8H2,1-2H3,(H,12,14);2*1H. The van der Waals surface area contributed by atoms with Gasteiger partial charge in [-0.2, -0.15) is 0 Å². The predicted octanol–water partition coefficient (Wildman–Crippen LogP) is -0.114. The van der Waals surface area contributed by atoms with E-state index in [1.165, 1.54) is 0 Å². The Kier molecular flexibility index (Phi) is 12.5. The van der Waals surface area contributed by atoms with Crippen molar-refractivity contribution in [1.82, 2.24) is 15.5 Å². The highest BCUT2D eigenvalue weighted by Crippen LogP contribution is 2.08. The number of likely N-dealkylation sites (N-methyl/N-ethyl adjacent to an activating group) is 1. The molecule has 1 saturated heterocycles. The van der Waals surface area contributed by atoms with Crippen molar-refractivity contribution in [3.8, 4) is 0 Å². The first-order valence-corrected chi connectivity index (χ1v) is 5.41. The molecule has 1 aliphatic heterocycles. The number of nitrogens with zero attached hydrogens (tertiary/aromatic N) is 1. The van der Waals surface area contributed by atoms with E-state index in [0.717, 1.165) is 32.7 Å². The molecule has 1 heterocycles. The van der Waals surface area contributed by atoms with Gasteiger partial charge in [-0.3, -0.25) is 9.69 Å². The monoisotopic (exact) mass is 287 g/mol. The summed E-state index contributed by atoms with van der Waals surface area (Å²) >= 11 is 0. The quantitative estimate of drug-likeness (QED) is 0.716. The number of nitrogens with one attached hydrogen (secondary N) is 2. The van der Waals surface area contributed by atoms with Crippen molar-refractivity contribution in [2.45, 2.75) is 12.5 Å². The van der Waals surface area contributed by atoms with E-state index in [0.29, 0.717) is 12.6 Å². The summed E-state index contributed by atoms with van der Waals surface area (Å²) in [5, 5.41) is 5.84. The Morgan fingerprint density at radius 3 is 2.76 bits per heavy atom. The molecule has 0 saturated carbocycles. The van der Waals surface area contributed by atoms with Crippen LogP contribution in [0.1, 0.15) is 6.42 Å². The molecule has 0 aromatic heterocycles. The highest BCUT2D eigenvalue weighted by Gasteiger charge is 2.22. The Hall–Kier alpha value is -0.0700. The lowest BCUT2D eigenvalue weighted by Gasteiger charge is -2.15. The summed E-state index contributed by atoms with van der Waals surface area (Å²) in [5.41, 5.74) is 0. The minimum atomic E-state index is 0. The molecule has 1 fully saturated rings. The number of ether oxygens (including phenoxy) is 1. The molecule has 0 aliphatic carbocycles. The summed E-state index contributed by atoms with van der Waals surface area (Å²) in [6, 6.07) is 0.308. The van der Waals surface area contributed by atoms with Gasteiger partial charge >= 0.3 is 0 Å². The molecule has 0 aromatic rings. The maximum Gasteiger partial charge on any atom is 0.234 e. The molecule has 1 rings (SSSR count). The molecule has 0 spiro atoms. The summed E-state index contributed by atoms with van der Waals surface area (Å²) in [5.74, 6) is 0.0797. The van der Waals surface area contributed by atoms with Gasteiger partial charge in [0.05, 0.1) is 13.2 Å². The number of halogens is 2. The Labute approximate surface area is 115 Å². The van der Waals surface area contributed by atoms with E-state index < -0.39 is 0 Å². The Morgan fingerprint density at radius 1 is 1.47 bits per heavy atom. The lowest BCUT2D eigenvalue weighted by Crippen LogP contribution is -2.41. The van der Waals surface area contributed by atoms with Gasteiger partial charge in [-0.05, 0) is 13.5 Å². The van der Waals surface area contributed by atoms with Crippen LogP contribution in [0.25, 0.3) is 0 Å². The van der Waals surface area contributed by atoms with Crippen molar-refractivity contribution in [2.24, 2.45) is 0 Å². The van der Waals surface area contributed by atoms with E-state index in [9.17, 15) is 4.79 Å². The third-order valence-corrected chi connectivity index (χ3v) is 2.59. The number of hydrogen-bond donors (Lipinski definition) is 2. The third kappa shape index (κ3) is 7.78. The largest absolute Gasteiger partial charge is 0.383 e. The summed E-state index contributed by atoms with van der Waals surface area (Å²) in [7, 11) is 3.49. The molecule has 0 radical (unpaired) electrons. The lowest BCUT2D eigenvalue weighted by atomic mass is 10.2. The number of likely N-dealkylation sites (tertiary alicyclic amines) is 1. The van der Waals surface area contributed by atoms with Crippen LogP contribution in [0.5, 0.6) is 0 Å². The van der Waals surface area contributed by atoms with Gasteiger partial charge in [-0.25, -0.2) is 0 Å². The SMILES string of the molecule is CNCC(=O)NC1CCN(CCOC)C1.Cl.Cl. The number of carbonyl (C=O) groups excluding carboxylic acids is 1. The second-order valence-corrected chi connectivity index (χ2v) is 3.88. The number of hydrogen-bond acceptors (Lipinski definition) is 4. The molecule has 17 heavy (non-hydrogen) atoms. The van der Waals surface area contributed by atoms with E-state index in [1.54, 1.807) is 14.2 Å². The molecule has 1 atom stereocenters. The number of rotatable bonds is 6. The fourth-order valence-corrected chi connectivity index (χ4v) is 1.81. The van der Waals surface area contributed by atoms with E-state index in [4.69, 9.17) is 4.74 Å². The maximum atomic E-state index is 11.3. The maximum absolute atomic E-state index is 11.3. The zero-order chi connectivity index (χ0) is 11.1. The van der Waals surface area contributed by atoms with Crippen molar-refractivity contribution in [3.63, 3.8) is 0 Å². The average Bonchev–Trinajstić information content (AvgIpc) is 2.63. The first-order valence-electron chi connectivity index (χ1n) is 5.41. The van der Waals surface area contributed by atoms with Crippen LogP contribution in [-0.2, 0) is 9.53 Å². The van der Waals surface area contributed by atoms with Crippen molar-refractivity contribution in [1.29, 1.82) is 0 Å². The summed E-state index contributed by atoms with van der Waals surface area (Å²) in [6.45, 7) is 4.10. The van der Waals surface area contributed by atoms with Crippen molar-refractivity contribution in [3.05, 3.63) is 0 Å². The zero-order valence-corrected chi connectivity index (χ0v) is 12.0. The molecule has 0 aromatic carbocycles. The highest BCUT2D eigenvalue weighted by atomic mass is 35.5. The average molecular weight is 288 g/mol. The summed E-state index contributed by atoms with van der Waals surface area (Å²) < 4.78 is 5.02. The minimum absolute atomic E-state index is 0. The molecule has 1 unspecified atom stereocenters. The van der Waals surface area contributed by atoms with Crippen LogP contribution in [-0.4, -0.2) is 63.8 Å². The molecular formula is C10H23Cl2N3O2. The Morgan fingerprint density at radius 2 is 2.18 bits per heavy atom. The van der Waals surface area contributed by atoms with Crippen LogP contribution in [0.15, 0.2) is 0 Å². The van der Waals surface area contributed by atoms with Gasteiger partial charge in [0.15, 0.2) is 0 Å². The van der Waals surface area contributed by atoms with E-state index in [1.807, 2.05) is 0 Å². The molecular weight excluding hydrogens is 265 g/mol. The van der Waals surface area contributed by atoms with E-state index in [-0.39, 0.29) is 30.7 Å². The van der Waals surface area contributed by atoms with Gasteiger partial charge in [-0.1, -0.05) is 0 Å². The molecule has 104 valence electrons. The lowest BCUT2D eigenvalue weighted by molar-refractivity contribution is -0.120. The van der Waals surface area contributed by atoms with E-state index in [2.05, 4.69) is 15.5 Å². The van der Waals surface area contributed by atoms with Crippen LogP contribution in [0.3, 0.4) is 0 Å². The van der Waals surface area contributed by atoms with Gasteiger partial charge in [0.2, 0.25) is 5.91 Å².